The lowest BCUT2D eigenvalue weighted by Gasteiger charge is -2.36. The quantitative estimate of drug-likeness (QED) is 0.500. The molecule has 0 aliphatic rings. The Morgan fingerprint density at radius 2 is 1.69 bits per heavy atom. The molecule has 148 valence electrons. The largest absolute Gasteiger partial charge is 0.465 e. The van der Waals surface area contributed by atoms with E-state index in [0.29, 0.717) is 16.3 Å². The number of benzene rings is 2. The van der Waals surface area contributed by atoms with Crippen LogP contribution in [-0.2, 0) is 12.1 Å². The summed E-state index contributed by atoms with van der Waals surface area (Å²) >= 11 is 6.02. The van der Waals surface area contributed by atoms with Gasteiger partial charge >= 0.3 is 0 Å². The van der Waals surface area contributed by atoms with E-state index in [1.54, 1.807) is 24.3 Å². The molecule has 4 rings (SSSR count). The van der Waals surface area contributed by atoms with Crippen LogP contribution in [0, 0.1) is 5.82 Å². The highest BCUT2D eigenvalue weighted by atomic mass is 35.5. The van der Waals surface area contributed by atoms with Crippen molar-refractivity contribution < 1.29 is 14.2 Å². The van der Waals surface area contributed by atoms with Crippen molar-refractivity contribution in [1.29, 1.82) is 0 Å². The summed E-state index contributed by atoms with van der Waals surface area (Å²) in [6.07, 6.45) is 4.56. The molecule has 4 aromatic rings. The molecule has 8 nitrogen and oxygen atoms in total. The van der Waals surface area contributed by atoms with Gasteiger partial charge in [0.1, 0.15) is 36.9 Å². The fourth-order valence-electron chi connectivity index (χ4n) is 2.96. The highest BCUT2D eigenvalue weighted by Gasteiger charge is 2.43. The van der Waals surface area contributed by atoms with E-state index in [1.807, 2.05) is 0 Å². The van der Waals surface area contributed by atoms with E-state index in [4.69, 9.17) is 16.3 Å². The van der Waals surface area contributed by atoms with Crippen LogP contribution in [0.1, 0.15) is 11.8 Å². The number of hydrogen-bond acceptors (Lipinski definition) is 6. The van der Waals surface area contributed by atoms with Crippen LogP contribution in [0.25, 0.3) is 0 Å². The Morgan fingerprint density at radius 1 is 1.00 bits per heavy atom. The van der Waals surface area contributed by atoms with Crippen LogP contribution in [0.5, 0.6) is 5.75 Å². The minimum atomic E-state index is -1.65. The summed E-state index contributed by atoms with van der Waals surface area (Å²) in [5, 5.41) is 20.6. The maximum absolute atomic E-state index is 13.3. The molecule has 0 bridgehead atoms. The Balaban J connectivity index is 1.80. The molecule has 0 spiro atoms. The second kappa shape index (κ2) is 7.98. The van der Waals surface area contributed by atoms with E-state index in [-0.39, 0.29) is 6.54 Å². The second-order valence-corrected chi connectivity index (χ2v) is 6.76. The third kappa shape index (κ3) is 4.10. The number of rotatable bonds is 7. The second-order valence-electron chi connectivity index (χ2n) is 6.32. The van der Waals surface area contributed by atoms with Crippen molar-refractivity contribution in [2.75, 3.05) is 0 Å². The lowest BCUT2D eigenvalue weighted by molar-refractivity contribution is -0.122. The topological polar surface area (TPSA) is 90.9 Å². The normalized spacial score (nSPS) is 14.3. The first-order valence-electron chi connectivity index (χ1n) is 8.62. The van der Waals surface area contributed by atoms with Crippen molar-refractivity contribution in [1.82, 2.24) is 29.5 Å². The predicted octanol–water partition coefficient (Wildman–Crippen LogP) is 2.83. The van der Waals surface area contributed by atoms with Gasteiger partial charge in [-0.15, -0.1) is 0 Å². The Labute approximate surface area is 170 Å². The third-order valence-electron chi connectivity index (χ3n) is 4.36. The molecule has 0 aliphatic carbocycles. The van der Waals surface area contributed by atoms with Gasteiger partial charge in [-0.3, -0.25) is 0 Å². The molecule has 0 aliphatic heterocycles. The molecule has 29 heavy (non-hydrogen) atoms. The van der Waals surface area contributed by atoms with Gasteiger partial charge in [-0.2, -0.15) is 10.2 Å². The molecule has 2 aromatic carbocycles. The predicted molar refractivity (Wildman–Crippen MR) is 101 cm³/mol. The molecule has 0 saturated heterocycles. The summed E-state index contributed by atoms with van der Waals surface area (Å²) in [4.78, 5) is 7.89. The summed E-state index contributed by atoms with van der Waals surface area (Å²) < 4.78 is 22.2. The summed E-state index contributed by atoms with van der Waals surface area (Å²) in [5.41, 5.74) is -1.14. The van der Waals surface area contributed by atoms with Gasteiger partial charge in [0, 0.05) is 5.02 Å². The number of nitrogens with zero attached hydrogens (tertiary/aromatic N) is 6. The van der Waals surface area contributed by atoms with Gasteiger partial charge in [0.25, 0.3) is 0 Å². The van der Waals surface area contributed by atoms with Gasteiger partial charge in [0.15, 0.2) is 5.60 Å². The molecule has 0 radical (unpaired) electrons. The molecule has 0 fully saturated rings. The Bertz CT molecular complexity index is 1040. The lowest BCUT2D eigenvalue weighted by Crippen LogP contribution is -2.44. The van der Waals surface area contributed by atoms with Gasteiger partial charge in [0.05, 0.1) is 6.54 Å². The van der Waals surface area contributed by atoms with Crippen molar-refractivity contribution in [3.05, 3.63) is 90.2 Å². The zero-order valence-electron chi connectivity index (χ0n) is 15.0. The van der Waals surface area contributed by atoms with Gasteiger partial charge in [-0.1, -0.05) is 23.7 Å². The summed E-state index contributed by atoms with van der Waals surface area (Å²) in [7, 11) is 0. The molecule has 2 heterocycles. The van der Waals surface area contributed by atoms with Gasteiger partial charge in [-0.25, -0.2) is 23.7 Å². The number of ether oxygens (including phenoxy) is 1. The number of aliphatic hydroxyl groups is 1. The van der Waals surface area contributed by atoms with E-state index in [2.05, 4.69) is 20.2 Å². The zero-order valence-corrected chi connectivity index (χ0v) is 15.8. The maximum atomic E-state index is 13.3. The number of aromatic nitrogens is 6. The smallest absolute Gasteiger partial charge is 0.227 e. The zero-order chi connectivity index (χ0) is 20.3. The van der Waals surface area contributed by atoms with Crippen LogP contribution in [0.15, 0.2) is 73.8 Å². The van der Waals surface area contributed by atoms with Crippen LogP contribution < -0.4 is 4.74 Å². The molecule has 1 N–H and O–H groups in total. The van der Waals surface area contributed by atoms with Crippen molar-refractivity contribution in [2.24, 2.45) is 0 Å². The Morgan fingerprint density at radius 3 is 2.31 bits per heavy atom. The summed E-state index contributed by atoms with van der Waals surface area (Å²) in [6.45, 7) is 0.000351. The maximum Gasteiger partial charge on any atom is 0.227 e. The van der Waals surface area contributed by atoms with Crippen LogP contribution in [0.4, 0.5) is 4.39 Å². The molecule has 2 unspecified atom stereocenters. The minimum Gasteiger partial charge on any atom is -0.465 e. The van der Waals surface area contributed by atoms with Gasteiger partial charge in [0.2, 0.25) is 6.23 Å². The number of halogens is 2. The lowest BCUT2D eigenvalue weighted by atomic mass is 9.91. The Kier molecular flexibility index (Phi) is 5.24. The van der Waals surface area contributed by atoms with Crippen LogP contribution in [-0.4, -0.2) is 34.6 Å². The van der Waals surface area contributed by atoms with E-state index < -0.39 is 17.6 Å². The van der Waals surface area contributed by atoms with Crippen molar-refractivity contribution in [3.63, 3.8) is 0 Å². The van der Waals surface area contributed by atoms with Crippen LogP contribution >= 0.6 is 11.6 Å². The Hall–Kier alpha value is -3.30. The molecule has 2 atom stereocenters. The molecule has 0 amide bonds. The standard InChI is InChI=1S/C19H16ClFN6O2/c20-15-3-1-14(2-4-15)19(28,9-26-12-22-10-24-26)18(27-13-23-11-25-27)29-17-7-5-16(21)6-8-17/h1-8,10-13,18,28H,9H2. The van der Waals surface area contributed by atoms with Crippen molar-refractivity contribution in [3.8, 4) is 5.75 Å². The molecular weight excluding hydrogens is 399 g/mol. The van der Waals surface area contributed by atoms with Gasteiger partial charge in [-0.05, 0) is 42.0 Å². The highest BCUT2D eigenvalue weighted by molar-refractivity contribution is 6.30. The highest BCUT2D eigenvalue weighted by Crippen LogP contribution is 2.37. The average molecular weight is 415 g/mol. The first-order valence-corrected chi connectivity index (χ1v) is 8.99. The first-order chi connectivity index (χ1) is 14.0. The molecule has 10 heteroatoms. The minimum absolute atomic E-state index is 0.000351. The first kappa shape index (κ1) is 19.0. The van der Waals surface area contributed by atoms with Crippen molar-refractivity contribution in [2.45, 2.75) is 18.4 Å². The van der Waals surface area contributed by atoms with E-state index >= 15 is 0 Å². The molecule has 2 aromatic heterocycles. The monoisotopic (exact) mass is 414 g/mol. The van der Waals surface area contributed by atoms with Gasteiger partial charge < -0.3 is 9.84 Å². The summed E-state index contributed by atoms with van der Waals surface area (Å²) in [6, 6.07) is 12.2. The van der Waals surface area contributed by atoms with Crippen LogP contribution in [0.2, 0.25) is 5.02 Å². The fourth-order valence-corrected chi connectivity index (χ4v) is 3.09. The molecular formula is C19H16ClFN6O2. The average Bonchev–Trinajstić information content (AvgIpc) is 3.42. The SMILES string of the molecule is OC(Cn1cncn1)(c1ccc(Cl)cc1)C(Oc1ccc(F)cc1)n1cncn1. The van der Waals surface area contributed by atoms with Crippen molar-refractivity contribution >= 4 is 11.6 Å². The van der Waals surface area contributed by atoms with E-state index in [9.17, 15) is 9.50 Å². The fraction of sp³-hybridized carbons (Fsp3) is 0.158. The van der Waals surface area contributed by atoms with E-state index in [1.165, 1.54) is 58.9 Å². The van der Waals surface area contributed by atoms with E-state index in [0.717, 1.165) is 0 Å². The summed E-state index contributed by atoms with van der Waals surface area (Å²) in [5.74, 6) is -0.0527. The third-order valence-corrected chi connectivity index (χ3v) is 4.61. The van der Waals surface area contributed by atoms with Crippen LogP contribution in [0.3, 0.4) is 0 Å². The number of hydrogen-bond donors (Lipinski definition) is 1. The molecule has 0 saturated carbocycles.